The minimum atomic E-state index is -0.421. The first-order valence-corrected chi connectivity index (χ1v) is 10.9. The van der Waals surface area contributed by atoms with Crippen molar-refractivity contribution in [1.29, 1.82) is 0 Å². The van der Waals surface area contributed by atoms with Crippen LogP contribution in [0.25, 0.3) is 0 Å². The Morgan fingerprint density at radius 3 is 2.75 bits per heavy atom. The predicted octanol–water partition coefficient (Wildman–Crippen LogP) is 4.61. The van der Waals surface area contributed by atoms with E-state index in [0.29, 0.717) is 5.56 Å². The molecule has 6 heteroatoms. The minimum absolute atomic E-state index is 0.203. The molecule has 32 heavy (non-hydrogen) atoms. The first-order chi connectivity index (χ1) is 15.6. The van der Waals surface area contributed by atoms with Gasteiger partial charge in [0.15, 0.2) is 0 Å². The second kappa shape index (κ2) is 10.4. The Bertz CT molecular complexity index is 1030. The molecule has 2 aromatic carbocycles. The summed E-state index contributed by atoms with van der Waals surface area (Å²) in [5, 5.41) is 3.13. The normalized spacial score (nSPS) is 17.5. The number of hydrogen-bond donors (Lipinski definition) is 1. The number of nitrogens with zero attached hydrogens (tertiary/aromatic N) is 2. The summed E-state index contributed by atoms with van der Waals surface area (Å²) >= 11 is 0. The van der Waals surface area contributed by atoms with E-state index in [1.54, 1.807) is 25.4 Å². The molecule has 0 aliphatic carbocycles. The van der Waals surface area contributed by atoms with Crippen molar-refractivity contribution in [3.8, 4) is 5.75 Å². The first kappa shape index (κ1) is 22.0. The van der Waals surface area contributed by atoms with Gasteiger partial charge in [-0.1, -0.05) is 24.3 Å². The van der Waals surface area contributed by atoms with E-state index in [-0.39, 0.29) is 17.9 Å². The van der Waals surface area contributed by atoms with Crippen molar-refractivity contribution in [2.24, 2.45) is 5.92 Å². The summed E-state index contributed by atoms with van der Waals surface area (Å²) in [6, 6.07) is 19.4. The molecule has 2 atom stereocenters. The predicted molar refractivity (Wildman–Crippen MR) is 122 cm³/mol. The zero-order chi connectivity index (χ0) is 22.3. The topological polar surface area (TPSA) is 54.5 Å². The third kappa shape index (κ3) is 5.51. The maximum absolute atomic E-state index is 13.6. The van der Waals surface area contributed by atoms with Crippen molar-refractivity contribution in [3.05, 3.63) is 95.6 Å². The number of piperidine rings is 1. The first-order valence-electron chi connectivity index (χ1n) is 10.9. The van der Waals surface area contributed by atoms with Gasteiger partial charge in [-0.25, -0.2) is 4.39 Å². The number of ether oxygens (including phenoxy) is 1. The monoisotopic (exact) mass is 433 g/mol. The molecule has 3 aromatic rings. The summed E-state index contributed by atoms with van der Waals surface area (Å²) in [4.78, 5) is 19.9. The Labute approximate surface area is 188 Å². The highest BCUT2D eigenvalue weighted by molar-refractivity contribution is 5.94. The van der Waals surface area contributed by atoms with Crippen LogP contribution in [0, 0.1) is 11.7 Å². The molecule has 0 spiro atoms. The average molecular weight is 434 g/mol. The fraction of sp³-hybridized carbons (Fsp3) is 0.308. The van der Waals surface area contributed by atoms with Crippen LogP contribution in [0.4, 0.5) is 4.39 Å². The van der Waals surface area contributed by atoms with E-state index < -0.39 is 5.82 Å². The van der Waals surface area contributed by atoms with Crippen molar-refractivity contribution >= 4 is 5.91 Å². The number of rotatable bonds is 7. The number of hydrogen-bond acceptors (Lipinski definition) is 4. The lowest BCUT2D eigenvalue weighted by Crippen LogP contribution is -2.43. The summed E-state index contributed by atoms with van der Waals surface area (Å²) in [7, 11) is 1.67. The molecule has 1 aliphatic heterocycles. The Hall–Kier alpha value is -3.25. The van der Waals surface area contributed by atoms with Crippen LogP contribution in [0.3, 0.4) is 0 Å². The van der Waals surface area contributed by atoms with Crippen molar-refractivity contribution in [3.63, 3.8) is 0 Å². The number of pyridine rings is 1. The number of amides is 1. The lowest BCUT2D eigenvalue weighted by molar-refractivity contribution is 0.0874. The maximum atomic E-state index is 13.6. The van der Waals surface area contributed by atoms with E-state index in [0.717, 1.165) is 43.9 Å². The van der Waals surface area contributed by atoms with Gasteiger partial charge in [0.25, 0.3) is 5.91 Å². The van der Waals surface area contributed by atoms with Gasteiger partial charge in [0, 0.05) is 24.8 Å². The number of methoxy groups -OCH3 is 1. The van der Waals surface area contributed by atoms with Gasteiger partial charge < -0.3 is 10.1 Å². The lowest BCUT2D eigenvalue weighted by atomic mass is 9.88. The van der Waals surface area contributed by atoms with E-state index in [2.05, 4.69) is 27.3 Å². The molecule has 2 heterocycles. The van der Waals surface area contributed by atoms with Crippen molar-refractivity contribution in [2.45, 2.75) is 25.4 Å². The fourth-order valence-corrected chi connectivity index (χ4v) is 4.34. The van der Waals surface area contributed by atoms with Crippen molar-refractivity contribution in [2.75, 3.05) is 20.2 Å². The second-order valence-electron chi connectivity index (χ2n) is 8.20. The summed E-state index contributed by atoms with van der Waals surface area (Å²) < 4.78 is 18.9. The molecule has 0 unspecified atom stereocenters. The lowest BCUT2D eigenvalue weighted by Gasteiger charge is -2.37. The molecule has 166 valence electrons. The van der Waals surface area contributed by atoms with Gasteiger partial charge in [-0.15, -0.1) is 0 Å². The van der Waals surface area contributed by atoms with Crippen LogP contribution in [-0.4, -0.2) is 36.0 Å². The molecule has 1 aliphatic rings. The number of likely N-dealkylation sites (tertiary alicyclic amines) is 1. The molecule has 1 saturated heterocycles. The smallest absolute Gasteiger partial charge is 0.251 e. The zero-order valence-electron chi connectivity index (χ0n) is 18.2. The summed E-state index contributed by atoms with van der Waals surface area (Å²) in [5.74, 6) is 0.345. The van der Waals surface area contributed by atoms with Gasteiger partial charge in [-0.05, 0) is 73.3 Å². The largest absolute Gasteiger partial charge is 0.497 e. The van der Waals surface area contributed by atoms with Gasteiger partial charge >= 0.3 is 0 Å². The molecule has 1 fully saturated rings. The highest BCUT2D eigenvalue weighted by atomic mass is 19.1. The molecule has 0 radical (unpaired) electrons. The second-order valence-corrected chi connectivity index (χ2v) is 8.20. The Kier molecular flexibility index (Phi) is 7.12. The summed E-state index contributed by atoms with van der Waals surface area (Å²) in [6.07, 6.45) is 3.78. The Morgan fingerprint density at radius 2 is 2.03 bits per heavy atom. The molecule has 5 nitrogen and oxygen atoms in total. The van der Waals surface area contributed by atoms with Crippen LogP contribution in [0.5, 0.6) is 5.75 Å². The standard InChI is InChI=1S/C26H28FN3O2/c1-32-23-12-10-19(11-13-23)17-30-15-5-7-21(18-30)25(24-9-2-3-14-28-24)29-26(31)20-6-4-8-22(27)16-20/h2-4,6,8-14,16,21,25H,5,7,15,17-18H2,1H3,(H,29,31)/t21-,25+/m1/s1. The highest BCUT2D eigenvalue weighted by Gasteiger charge is 2.30. The molecule has 0 saturated carbocycles. The molecular formula is C26H28FN3O2. The third-order valence-corrected chi connectivity index (χ3v) is 5.96. The molecule has 1 N–H and O–H groups in total. The maximum Gasteiger partial charge on any atom is 0.251 e. The molecule has 1 amide bonds. The molecule has 1 aromatic heterocycles. The van der Waals surface area contributed by atoms with Crippen LogP contribution in [0.1, 0.15) is 40.5 Å². The number of aromatic nitrogens is 1. The number of carbonyl (C=O) groups excluding carboxylic acids is 1. The van der Waals surface area contributed by atoms with Crippen LogP contribution >= 0.6 is 0 Å². The van der Waals surface area contributed by atoms with Crippen molar-refractivity contribution < 1.29 is 13.9 Å². The zero-order valence-corrected chi connectivity index (χ0v) is 18.2. The third-order valence-electron chi connectivity index (χ3n) is 5.96. The minimum Gasteiger partial charge on any atom is -0.497 e. The van der Waals surface area contributed by atoms with Gasteiger partial charge in [-0.2, -0.15) is 0 Å². The molecular weight excluding hydrogens is 405 g/mol. The van der Waals surface area contributed by atoms with Gasteiger partial charge in [-0.3, -0.25) is 14.7 Å². The van der Waals surface area contributed by atoms with Gasteiger partial charge in [0.05, 0.1) is 18.8 Å². The van der Waals surface area contributed by atoms with Gasteiger partial charge in [0.2, 0.25) is 0 Å². The Morgan fingerprint density at radius 1 is 1.19 bits per heavy atom. The molecule has 0 bridgehead atoms. The van der Waals surface area contributed by atoms with E-state index in [1.807, 2.05) is 30.3 Å². The Balaban J connectivity index is 1.50. The van der Waals surface area contributed by atoms with E-state index in [9.17, 15) is 9.18 Å². The van der Waals surface area contributed by atoms with Crippen molar-refractivity contribution in [1.82, 2.24) is 15.2 Å². The van der Waals surface area contributed by atoms with Crippen LogP contribution in [0.2, 0.25) is 0 Å². The molecule has 4 rings (SSSR count). The van der Waals surface area contributed by atoms with Gasteiger partial charge in [0.1, 0.15) is 11.6 Å². The number of benzene rings is 2. The highest BCUT2D eigenvalue weighted by Crippen LogP contribution is 2.30. The number of carbonyl (C=O) groups is 1. The fourth-order valence-electron chi connectivity index (χ4n) is 4.34. The van der Waals surface area contributed by atoms with E-state index in [1.165, 1.54) is 17.7 Å². The summed E-state index contributed by atoms with van der Waals surface area (Å²) in [5.41, 5.74) is 2.37. The quantitative estimate of drug-likeness (QED) is 0.591. The van der Waals surface area contributed by atoms with Crippen LogP contribution in [0.15, 0.2) is 72.9 Å². The van der Waals surface area contributed by atoms with E-state index >= 15 is 0 Å². The van der Waals surface area contributed by atoms with Crippen LogP contribution in [-0.2, 0) is 6.54 Å². The number of halogens is 1. The summed E-state index contributed by atoms with van der Waals surface area (Å²) in [6.45, 7) is 2.69. The number of nitrogens with one attached hydrogen (secondary N) is 1. The SMILES string of the molecule is COc1ccc(CN2CCC[C@@H]([C@H](NC(=O)c3cccc(F)c3)c3ccccn3)C2)cc1. The average Bonchev–Trinajstić information content (AvgIpc) is 2.83. The van der Waals surface area contributed by atoms with E-state index in [4.69, 9.17) is 4.74 Å². The van der Waals surface area contributed by atoms with Crippen LogP contribution < -0.4 is 10.1 Å².